The van der Waals surface area contributed by atoms with Crippen LogP contribution in [0.5, 0.6) is 0 Å². The van der Waals surface area contributed by atoms with Crippen LogP contribution >= 0.6 is 0 Å². The van der Waals surface area contributed by atoms with Gasteiger partial charge in [-0.05, 0) is 6.07 Å². The van der Waals surface area contributed by atoms with Crippen LogP contribution in [0, 0.1) is 0 Å². The number of halogens is 4. The molecule has 118 valence electrons. The summed E-state index contributed by atoms with van der Waals surface area (Å²) in [6, 6.07) is 1.11. The number of nitrogens with one attached hydrogen (secondary N) is 1. The van der Waals surface area contributed by atoms with Crippen molar-refractivity contribution >= 4 is 23.2 Å². The molecule has 1 aromatic rings. The topological polar surface area (TPSA) is 97.3 Å². The molecule has 0 aliphatic rings. The molecular formula is C11H15F4N5O. The van der Waals surface area contributed by atoms with Crippen molar-refractivity contribution in [3.05, 3.63) is 11.6 Å². The fourth-order valence-electron chi connectivity index (χ4n) is 1.55. The molecule has 10 heteroatoms. The molecule has 0 saturated heterocycles. The van der Waals surface area contributed by atoms with Crippen LogP contribution in [0.2, 0.25) is 0 Å². The number of carbonyl (C=O) groups excluding carboxylic acids is 1. The molecule has 0 saturated carbocycles. The van der Waals surface area contributed by atoms with E-state index < -0.39 is 31.8 Å². The van der Waals surface area contributed by atoms with Gasteiger partial charge in [0.1, 0.15) is 11.6 Å². The molecule has 6 nitrogen and oxygen atoms in total. The molecule has 1 aromatic heterocycles. The van der Waals surface area contributed by atoms with E-state index in [0.717, 1.165) is 11.0 Å². The molecule has 0 bridgehead atoms. The van der Waals surface area contributed by atoms with Crippen LogP contribution < -0.4 is 21.7 Å². The van der Waals surface area contributed by atoms with E-state index in [1.54, 1.807) is 0 Å². The summed E-state index contributed by atoms with van der Waals surface area (Å²) in [6.07, 6.45) is -5.41. The van der Waals surface area contributed by atoms with Gasteiger partial charge in [0.25, 0.3) is 18.8 Å². The number of nitrogens with zero attached hydrogens (tertiary/aromatic N) is 2. The molecular weight excluding hydrogens is 294 g/mol. The minimum Gasteiger partial charge on any atom is -0.396 e. The molecule has 1 rings (SSSR count). The lowest BCUT2D eigenvalue weighted by atomic mass is 10.2. The van der Waals surface area contributed by atoms with E-state index in [4.69, 9.17) is 11.5 Å². The number of rotatable bonds is 6. The minimum atomic E-state index is -2.74. The van der Waals surface area contributed by atoms with Gasteiger partial charge < -0.3 is 21.7 Å². The van der Waals surface area contributed by atoms with E-state index in [2.05, 4.69) is 4.98 Å². The maximum absolute atomic E-state index is 12.4. The molecule has 1 heterocycles. The summed E-state index contributed by atoms with van der Waals surface area (Å²) in [5, 5.41) is 1.95. The third kappa shape index (κ3) is 4.65. The SMILES string of the molecule is CN(CC(F)F)c1nc(N)c(N)cc1C(=O)NCC(F)F. The van der Waals surface area contributed by atoms with Crippen molar-refractivity contribution in [2.75, 3.05) is 36.5 Å². The zero-order valence-electron chi connectivity index (χ0n) is 11.1. The van der Waals surface area contributed by atoms with Crippen LogP contribution in [0.3, 0.4) is 0 Å². The summed E-state index contributed by atoms with van der Waals surface area (Å²) < 4.78 is 49.0. The van der Waals surface area contributed by atoms with Crippen LogP contribution in [0.1, 0.15) is 10.4 Å². The van der Waals surface area contributed by atoms with Crippen molar-refractivity contribution in [3.63, 3.8) is 0 Å². The third-order valence-electron chi connectivity index (χ3n) is 2.50. The molecule has 5 N–H and O–H groups in total. The van der Waals surface area contributed by atoms with Gasteiger partial charge in [0.2, 0.25) is 0 Å². The molecule has 0 spiro atoms. The first-order valence-corrected chi connectivity index (χ1v) is 5.84. The summed E-state index contributed by atoms with van der Waals surface area (Å²) in [5.74, 6) is -1.20. The number of alkyl halides is 4. The lowest BCUT2D eigenvalue weighted by Gasteiger charge is -2.21. The average Bonchev–Trinajstić information content (AvgIpc) is 2.37. The van der Waals surface area contributed by atoms with E-state index in [1.807, 2.05) is 5.32 Å². The Hall–Kier alpha value is -2.26. The smallest absolute Gasteiger partial charge is 0.255 e. The number of amides is 1. The number of nitrogen functional groups attached to an aromatic ring is 2. The number of carbonyl (C=O) groups is 1. The Balaban J connectivity index is 3.10. The molecule has 21 heavy (non-hydrogen) atoms. The van der Waals surface area contributed by atoms with Crippen molar-refractivity contribution in [2.45, 2.75) is 12.9 Å². The number of pyridine rings is 1. The fourth-order valence-corrected chi connectivity index (χ4v) is 1.55. The van der Waals surface area contributed by atoms with Crippen molar-refractivity contribution < 1.29 is 22.4 Å². The maximum Gasteiger partial charge on any atom is 0.255 e. The fraction of sp³-hybridized carbons (Fsp3) is 0.455. The zero-order chi connectivity index (χ0) is 16.2. The van der Waals surface area contributed by atoms with E-state index in [0.29, 0.717) is 0 Å². The molecule has 0 aromatic carbocycles. The predicted octanol–water partition coefficient (Wildman–Crippen LogP) is 0.942. The number of anilines is 3. The first kappa shape index (κ1) is 16.8. The first-order valence-electron chi connectivity index (χ1n) is 5.84. The minimum absolute atomic E-state index is 0.0496. The van der Waals surface area contributed by atoms with Crippen LogP contribution in [0.15, 0.2) is 6.07 Å². The van der Waals surface area contributed by atoms with Crippen LogP contribution in [-0.2, 0) is 0 Å². The summed E-state index contributed by atoms with van der Waals surface area (Å²) >= 11 is 0. The normalized spacial score (nSPS) is 11.0. The quantitative estimate of drug-likeness (QED) is 0.680. The van der Waals surface area contributed by atoms with Crippen molar-refractivity contribution in [2.24, 2.45) is 0 Å². The van der Waals surface area contributed by atoms with E-state index in [-0.39, 0.29) is 22.9 Å². The summed E-state index contributed by atoms with van der Waals surface area (Å²) in [5.41, 5.74) is 10.7. The lowest BCUT2D eigenvalue weighted by molar-refractivity contribution is 0.0891. The van der Waals surface area contributed by atoms with E-state index in [9.17, 15) is 22.4 Å². The van der Waals surface area contributed by atoms with E-state index >= 15 is 0 Å². The molecule has 0 fully saturated rings. The Morgan fingerprint density at radius 2 is 1.95 bits per heavy atom. The van der Waals surface area contributed by atoms with Gasteiger partial charge in [-0.1, -0.05) is 0 Å². The van der Waals surface area contributed by atoms with E-state index in [1.165, 1.54) is 7.05 Å². The van der Waals surface area contributed by atoms with Crippen molar-refractivity contribution in [1.29, 1.82) is 0 Å². The highest BCUT2D eigenvalue weighted by molar-refractivity contribution is 6.00. The molecule has 0 aliphatic carbocycles. The number of aromatic nitrogens is 1. The maximum atomic E-state index is 12.4. The van der Waals surface area contributed by atoms with Gasteiger partial charge in [0.15, 0.2) is 0 Å². The Morgan fingerprint density at radius 3 is 2.48 bits per heavy atom. The molecule has 1 amide bonds. The zero-order valence-corrected chi connectivity index (χ0v) is 11.1. The highest BCUT2D eigenvalue weighted by atomic mass is 19.3. The van der Waals surface area contributed by atoms with Crippen molar-refractivity contribution in [1.82, 2.24) is 10.3 Å². The number of hydrogen-bond acceptors (Lipinski definition) is 5. The first-order chi connectivity index (χ1) is 9.72. The van der Waals surface area contributed by atoms with Gasteiger partial charge in [-0.3, -0.25) is 4.79 Å². The third-order valence-corrected chi connectivity index (χ3v) is 2.50. The summed E-state index contributed by atoms with van der Waals surface area (Å²) in [6.45, 7) is -1.58. The van der Waals surface area contributed by atoms with Crippen LogP contribution in [0.4, 0.5) is 34.9 Å². The second kappa shape index (κ2) is 6.95. The predicted molar refractivity (Wildman–Crippen MR) is 70.7 cm³/mol. The summed E-state index contributed by atoms with van der Waals surface area (Å²) in [7, 11) is 1.27. The van der Waals surface area contributed by atoms with Gasteiger partial charge in [-0.15, -0.1) is 0 Å². The highest BCUT2D eigenvalue weighted by Gasteiger charge is 2.21. The Morgan fingerprint density at radius 1 is 1.33 bits per heavy atom. The van der Waals surface area contributed by atoms with Gasteiger partial charge in [-0.25, -0.2) is 22.5 Å². The average molecular weight is 309 g/mol. The van der Waals surface area contributed by atoms with Crippen molar-refractivity contribution in [3.8, 4) is 0 Å². The van der Waals surface area contributed by atoms with Gasteiger partial charge >= 0.3 is 0 Å². The van der Waals surface area contributed by atoms with Gasteiger partial charge in [0.05, 0.1) is 24.3 Å². The van der Waals surface area contributed by atoms with Gasteiger partial charge in [0, 0.05) is 7.05 Å². The Bertz CT molecular complexity index is 512. The number of hydrogen-bond donors (Lipinski definition) is 3. The molecule has 0 unspecified atom stereocenters. The van der Waals surface area contributed by atoms with Crippen LogP contribution in [-0.4, -0.2) is 43.9 Å². The number of nitrogens with two attached hydrogens (primary N) is 2. The standard InChI is InChI=1S/C11H15F4N5O/c1-20(4-8(14)15)10-5(2-6(16)9(17)19-10)11(21)18-3-7(12)13/h2,7-8H,3-4,16H2,1H3,(H2,17,19)(H,18,21). The van der Waals surface area contributed by atoms with Gasteiger partial charge in [-0.2, -0.15) is 0 Å². The molecule has 0 atom stereocenters. The molecule has 0 radical (unpaired) electrons. The monoisotopic (exact) mass is 309 g/mol. The molecule has 0 aliphatic heterocycles. The highest BCUT2D eigenvalue weighted by Crippen LogP contribution is 2.24. The summed E-state index contributed by atoms with van der Waals surface area (Å²) in [4.78, 5) is 16.6. The largest absolute Gasteiger partial charge is 0.396 e. The second-order valence-corrected chi connectivity index (χ2v) is 4.21. The lowest BCUT2D eigenvalue weighted by Crippen LogP contribution is -2.32. The van der Waals surface area contributed by atoms with Crippen LogP contribution in [0.25, 0.3) is 0 Å². The Kier molecular flexibility index (Phi) is 5.56. The second-order valence-electron chi connectivity index (χ2n) is 4.21. The Labute approximate surface area is 118 Å².